The lowest BCUT2D eigenvalue weighted by molar-refractivity contribution is -0.124. The highest BCUT2D eigenvalue weighted by atomic mass is 16.5. The quantitative estimate of drug-likeness (QED) is 0.636. The third-order valence-electron chi connectivity index (χ3n) is 6.53. The Kier molecular flexibility index (Phi) is 6.45. The molecule has 2 aliphatic rings. The van der Waals surface area contributed by atoms with Gasteiger partial charge in [0, 0.05) is 43.5 Å². The van der Waals surface area contributed by atoms with Crippen LogP contribution in [0.1, 0.15) is 46.8 Å². The Morgan fingerprint density at radius 1 is 1.15 bits per heavy atom. The van der Waals surface area contributed by atoms with Crippen molar-refractivity contribution in [1.29, 1.82) is 0 Å². The van der Waals surface area contributed by atoms with Gasteiger partial charge >= 0.3 is 6.03 Å². The number of hydrogen-bond donors (Lipinski definition) is 2. The minimum atomic E-state index is -1.21. The fraction of sp³-hybridized carbons (Fsp3) is 0.440. The lowest BCUT2D eigenvalue weighted by Gasteiger charge is -2.36. The number of imide groups is 1. The monoisotopic (exact) mass is 465 g/mol. The predicted octanol–water partition coefficient (Wildman–Crippen LogP) is 2.50. The number of piperazine rings is 1. The van der Waals surface area contributed by atoms with Crippen LogP contribution in [0.25, 0.3) is 0 Å². The maximum absolute atomic E-state index is 13.3. The zero-order chi connectivity index (χ0) is 24.5. The molecule has 180 valence electrons. The molecule has 4 rings (SSSR count). The summed E-state index contributed by atoms with van der Waals surface area (Å²) in [6.07, 6.45) is 2.96. The highest BCUT2D eigenvalue weighted by Gasteiger charge is 2.48. The topological polar surface area (TPSA) is 104 Å². The van der Waals surface area contributed by atoms with Crippen molar-refractivity contribution in [3.05, 3.63) is 52.7 Å². The summed E-state index contributed by atoms with van der Waals surface area (Å²) in [5.41, 5.74) is 2.08. The van der Waals surface area contributed by atoms with Crippen molar-refractivity contribution in [2.45, 2.75) is 39.2 Å². The molecule has 34 heavy (non-hydrogen) atoms. The van der Waals surface area contributed by atoms with Gasteiger partial charge < -0.3 is 19.9 Å². The Bertz CT molecular complexity index is 1130. The summed E-state index contributed by atoms with van der Waals surface area (Å²) >= 11 is 0. The second-order valence-corrected chi connectivity index (χ2v) is 8.91. The smallest absolute Gasteiger partial charge is 0.322 e. The van der Waals surface area contributed by atoms with Crippen LogP contribution in [-0.2, 0) is 10.3 Å². The molecule has 0 aliphatic carbocycles. The fourth-order valence-corrected chi connectivity index (χ4v) is 4.89. The van der Waals surface area contributed by atoms with E-state index in [0.717, 1.165) is 16.9 Å². The van der Waals surface area contributed by atoms with E-state index in [-0.39, 0.29) is 5.91 Å². The van der Waals surface area contributed by atoms with E-state index in [9.17, 15) is 14.4 Å². The number of pyridine rings is 1. The van der Waals surface area contributed by atoms with Gasteiger partial charge in [0.1, 0.15) is 17.1 Å². The Balaban J connectivity index is 1.52. The van der Waals surface area contributed by atoms with Crippen LogP contribution in [0.2, 0.25) is 0 Å². The van der Waals surface area contributed by atoms with Crippen LogP contribution in [0.15, 0.2) is 30.5 Å². The molecule has 3 heterocycles. The van der Waals surface area contributed by atoms with Crippen LogP contribution in [-0.4, -0.2) is 61.0 Å². The summed E-state index contributed by atoms with van der Waals surface area (Å²) in [4.78, 5) is 46.5. The van der Waals surface area contributed by atoms with Gasteiger partial charge in [-0.3, -0.25) is 14.9 Å². The molecule has 1 unspecified atom stereocenters. The number of hydrogen-bond acceptors (Lipinski definition) is 6. The molecule has 4 amide bonds. The van der Waals surface area contributed by atoms with Crippen LogP contribution in [0.4, 0.5) is 10.6 Å². The van der Waals surface area contributed by atoms with Gasteiger partial charge in [0.15, 0.2) is 0 Å². The second-order valence-electron chi connectivity index (χ2n) is 8.91. The van der Waals surface area contributed by atoms with Crippen LogP contribution < -0.4 is 20.3 Å². The molecule has 0 saturated carbocycles. The molecule has 0 radical (unpaired) electrons. The average molecular weight is 466 g/mol. The number of rotatable bonds is 6. The highest BCUT2D eigenvalue weighted by Crippen LogP contribution is 2.37. The van der Waals surface area contributed by atoms with Crippen molar-refractivity contribution >= 4 is 23.7 Å². The fourth-order valence-electron chi connectivity index (χ4n) is 4.89. The Hall–Kier alpha value is -3.62. The first-order valence-electron chi connectivity index (χ1n) is 11.6. The predicted molar refractivity (Wildman–Crippen MR) is 128 cm³/mol. The molecule has 9 nitrogen and oxygen atoms in total. The normalized spacial score (nSPS) is 20.2. The number of methoxy groups -OCH3 is 1. The molecule has 0 bridgehead atoms. The first kappa shape index (κ1) is 23.5. The number of anilines is 1. The Labute approximate surface area is 199 Å². The molecule has 1 aromatic heterocycles. The maximum atomic E-state index is 13.3. The van der Waals surface area contributed by atoms with E-state index < -0.39 is 17.5 Å². The van der Waals surface area contributed by atoms with Gasteiger partial charge in [-0.25, -0.2) is 9.78 Å². The number of aromatic nitrogens is 1. The van der Waals surface area contributed by atoms with Crippen LogP contribution >= 0.6 is 0 Å². The molecular weight excluding hydrogens is 434 g/mol. The van der Waals surface area contributed by atoms with Gasteiger partial charge in [0.25, 0.3) is 11.8 Å². The lowest BCUT2D eigenvalue weighted by atomic mass is 9.84. The van der Waals surface area contributed by atoms with E-state index in [2.05, 4.69) is 33.5 Å². The standard InChI is InChI=1S/C25H31N5O4/c1-5-8-25(23(32)27-24(33)28-25)19-7-6-18(14-20(19)34-4)22(31)30-11-9-29(10-12-30)21-17(3)13-16(2)15-26-21/h6-7,13-15H,5,8-12H2,1-4H3,(H2,27,28,32,33). The van der Waals surface area contributed by atoms with Gasteiger partial charge in [-0.2, -0.15) is 0 Å². The largest absolute Gasteiger partial charge is 0.496 e. The number of aryl methyl sites for hydroxylation is 2. The van der Waals surface area contributed by atoms with Crippen molar-refractivity contribution in [2.75, 3.05) is 38.2 Å². The number of nitrogens with zero attached hydrogens (tertiary/aromatic N) is 3. The minimum Gasteiger partial charge on any atom is -0.496 e. The van der Waals surface area contributed by atoms with Crippen LogP contribution in [0.3, 0.4) is 0 Å². The number of carbonyl (C=O) groups excluding carboxylic acids is 3. The molecule has 1 atom stereocenters. The molecule has 2 aliphatic heterocycles. The number of carbonyl (C=O) groups is 3. The van der Waals surface area contributed by atoms with Crippen molar-refractivity contribution in [1.82, 2.24) is 20.5 Å². The molecule has 2 fully saturated rings. The lowest BCUT2D eigenvalue weighted by Crippen LogP contribution is -2.49. The summed E-state index contributed by atoms with van der Waals surface area (Å²) < 4.78 is 5.57. The SMILES string of the molecule is CCCC1(c2ccc(C(=O)N3CCN(c4ncc(C)cc4C)CC3)cc2OC)NC(=O)NC1=O. The Morgan fingerprint density at radius 2 is 1.88 bits per heavy atom. The number of nitrogens with one attached hydrogen (secondary N) is 2. The van der Waals surface area contributed by atoms with Crippen molar-refractivity contribution in [2.24, 2.45) is 0 Å². The molecule has 2 aromatic rings. The number of ether oxygens (including phenoxy) is 1. The van der Waals surface area contributed by atoms with E-state index in [1.54, 1.807) is 18.2 Å². The third kappa shape index (κ3) is 4.18. The molecule has 0 spiro atoms. The van der Waals surface area contributed by atoms with Crippen LogP contribution in [0.5, 0.6) is 5.75 Å². The first-order valence-corrected chi connectivity index (χ1v) is 11.6. The number of amides is 4. The third-order valence-corrected chi connectivity index (χ3v) is 6.53. The molecule has 2 saturated heterocycles. The van der Waals surface area contributed by atoms with Gasteiger partial charge in [-0.05, 0) is 43.5 Å². The second kappa shape index (κ2) is 9.32. The van der Waals surface area contributed by atoms with E-state index in [0.29, 0.717) is 55.9 Å². The Morgan fingerprint density at radius 3 is 2.47 bits per heavy atom. The molecule has 9 heteroatoms. The maximum Gasteiger partial charge on any atom is 0.322 e. The first-order chi connectivity index (χ1) is 16.3. The minimum absolute atomic E-state index is 0.0949. The summed E-state index contributed by atoms with van der Waals surface area (Å²) in [7, 11) is 1.50. The van der Waals surface area contributed by atoms with Crippen molar-refractivity contribution in [3.63, 3.8) is 0 Å². The van der Waals surface area contributed by atoms with E-state index >= 15 is 0 Å². The zero-order valence-corrected chi connectivity index (χ0v) is 20.1. The average Bonchev–Trinajstić information content (AvgIpc) is 3.12. The highest BCUT2D eigenvalue weighted by molar-refractivity contribution is 6.08. The summed E-state index contributed by atoms with van der Waals surface area (Å²) in [6.45, 7) is 8.58. The van der Waals surface area contributed by atoms with Gasteiger partial charge in [-0.1, -0.05) is 25.5 Å². The summed E-state index contributed by atoms with van der Waals surface area (Å²) in [6, 6.07) is 6.66. The summed E-state index contributed by atoms with van der Waals surface area (Å²) in [5.74, 6) is 0.854. The van der Waals surface area contributed by atoms with Gasteiger partial charge in [0.2, 0.25) is 0 Å². The zero-order valence-electron chi connectivity index (χ0n) is 20.1. The number of urea groups is 1. The van der Waals surface area contributed by atoms with Crippen molar-refractivity contribution in [3.8, 4) is 5.75 Å². The van der Waals surface area contributed by atoms with E-state index in [4.69, 9.17) is 4.74 Å². The van der Waals surface area contributed by atoms with E-state index in [1.807, 2.05) is 24.9 Å². The van der Waals surface area contributed by atoms with E-state index in [1.165, 1.54) is 7.11 Å². The van der Waals surface area contributed by atoms with Gasteiger partial charge in [0.05, 0.1) is 7.11 Å². The molecule has 1 aromatic carbocycles. The molecular formula is C25H31N5O4. The van der Waals surface area contributed by atoms with Crippen LogP contribution in [0, 0.1) is 13.8 Å². The van der Waals surface area contributed by atoms with Gasteiger partial charge in [-0.15, -0.1) is 0 Å². The molecule has 2 N–H and O–H groups in total. The van der Waals surface area contributed by atoms with Crippen molar-refractivity contribution < 1.29 is 19.1 Å². The number of benzene rings is 1. The summed E-state index contributed by atoms with van der Waals surface area (Å²) in [5, 5.41) is 5.09.